The molecule has 0 fully saturated rings. The topological polar surface area (TPSA) is 3.24 Å². The van der Waals surface area contributed by atoms with E-state index in [1.807, 2.05) is 30.2 Å². The molecule has 4 heteroatoms. The minimum absolute atomic E-state index is 0.203. The van der Waals surface area contributed by atoms with Gasteiger partial charge in [-0.2, -0.15) is 13.2 Å². The maximum atomic E-state index is 13.8. The van der Waals surface area contributed by atoms with Gasteiger partial charge >= 0.3 is 6.18 Å². The fourth-order valence-corrected chi connectivity index (χ4v) is 3.34. The second-order valence-corrected chi connectivity index (χ2v) is 7.21. The fraction of sp³-hybridized carbons (Fsp3) is 0.296. The normalized spacial score (nSPS) is 21.1. The molecule has 0 aromatic carbocycles. The smallest absolute Gasteiger partial charge is 0.324 e. The van der Waals surface area contributed by atoms with Crippen molar-refractivity contribution in [1.82, 2.24) is 4.90 Å². The minimum atomic E-state index is -4.42. The lowest BCUT2D eigenvalue weighted by atomic mass is 9.94. The lowest BCUT2D eigenvalue weighted by molar-refractivity contribution is -0.0893. The van der Waals surface area contributed by atoms with Gasteiger partial charge in [0.15, 0.2) is 0 Å². The summed E-state index contributed by atoms with van der Waals surface area (Å²) in [5.74, 6) is 0. The van der Waals surface area contributed by atoms with Gasteiger partial charge < -0.3 is 4.90 Å². The minimum Gasteiger partial charge on any atom is -0.324 e. The van der Waals surface area contributed by atoms with Gasteiger partial charge in [0.2, 0.25) is 0 Å². The van der Waals surface area contributed by atoms with Crippen LogP contribution >= 0.6 is 0 Å². The van der Waals surface area contributed by atoms with Crippen molar-refractivity contribution < 1.29 is 13.2 Å². The van der Waals surface area contributed by atoms with Gasteiger partial charge in [0.05, 0.1) is 11.3 Å². The predicted molar refractivity (Wildman–Crippen MR) is 124 cm³/mol. The van der Waals surface area contributed by atoms with E-state index in [4.69, 9.17) is 0 Å². The van der Waals surface area contributed by atoms with Crippen molar-refractivity contribution in [2.75, 3.05) is 0 Å². The molecule has 0 saturated carbocycles. The number of hydrogen-bond donors (Lipinski definition) is 0. The van der Waals surface area contributed by atoms with Gasteiger partial charge in [-0.15, -0.1) is 5.73 Å². The lowest BCUT2D eigenvalue weighted by Gasteiger charge is -2.17. The molecule has 0 aromatic heterocycles. The van der Waals surface area contributed by atoms with Crippen LogP contribution in [-0.2, 0) is 0 Å². The third-order valence-electron chi connectivity index (χ3n) is 4.97. The summed E-state index contributed by atoms with van der Waals surface area (Å²) in [5.41, 5.74) is 5.11. The van der Waals surface area contributed by atoms with Crippen LogP contribution in [-0.4, -0.2) is 11.1 Å². The second-order valence-electron chi connectivity index (χ2n) is 7.21. The predicted octanol–water partition coefficient (Wildman–Crippen LogP) is 8.38. The van der Waals surface area contributed by atoms with E-state index in [1.165, 1.54) is 11.6 Å². The quantitative estimate of drug-likeness (QED) is 0.225. The Kier molecular flexibility index (Phi) is 9.42. The van der Waals surface area contributed by atoms with Crippen LogP contribution in [0.4, 0.5) is 13.2 Å². The summed E-state index contributed by atoms with van der Waals surface area (Å²) < 4.78 is 41.3. The van der Waals surface area contributed by atoms with Crippen LogP contribution in [0.2, 0.25) is 0 Å². The highest BCUT2D eigenvalue weighted by Crippen LogP contribution is 2.36. The van der Waals surface area contributed by atoms with Crippen molar-refractivity contribution in [3.63, 3.8) is 0 Å². The zero-order valence-corrected chi connectivity index (χ0v) is 18.3. The van der Waals surface area contributed by atoms with Gasteiger partial charge in [-0.3, -0.25) is 0 Å². The zero-order valence-electron chi connectivity index (χ0n) is 18.3. The molecule has 0 aromatic rings. The van der Waals surface area contributed by atoms with Crippen molar-refractivity contribution in [1.29, 1.82) is 0 Å². The molecule has 164 valence electrons. The summed E-state index contributed by atoms with van der Waals surface area (Å²) in [7, 11) is 0. The maximum absolute atomic E-state index is 13.8. The Balaban J connectivity index is 2.39. The molecule has 1 nitrogen and oxygen atoms in total. The zero-order chi connectivity index (χ0) is 22.7. The summed E-state index contributed by atoms with van der Waals surface area (Å²) in [6.07, 6.45) is 20.3. The van der Waals surface area contributed by atoms with Crippen LogP contribution in [0.1, 0.15) is 46.0 Å². The molecular weight excluding hydrogens is 395 g/mol. The van der Waals surface area contributed by atoms with E-state index in [1.54, 1.807) is 42.7 Å². The van der Waals surface area contributed by atoms with Gasteiger partial charge in [-0.25, -0.2) is 0 Å². The van der Waals surface area contributed by atoms with Crippen molar-refractivity contribution >= 4 is 0 Å². The average molecular weight is 426 g/mol. The molecule has 0 heterocycles. The molecular formula is C27H30F3N. The molecule has 0 unspecified atom stereocenters. The van der Waals surface area contributed by atoms with E-state index in [0.717, 1.165) is 25.0 Å². The SMILES string of the molecule is C=CN(/C=C/C(=C\C)CCC)C1=CC=C(C2=C\CCC=CC/C=C\2C(F)(F)F)C=C=C1. The molecule has 0 amide bonds. The van der Waals surface area contributed by atoms with Crippen molar-refractivity contribution in [2.24, 2.45) is 0 Å². The average Bonchev–Trinajstić information content (AvgIpc) is 2.90. The van der Waals surface area contributed by atoms with Crippen LogP contribution in [0, 0.1) is 0 Å². The molecule has 2 rings (SSSR count). The third-order valence-corrected chi connectivity index (χ3v) is 4.97. The van der Waals surface area contributed by atoms with Crippen molar-refractivity contribution in [2.45, 2.75) is 52.1 Å². The molecule has 31 heavy (non-hydrogen) atoms. The van der Waals surface area contributed by atoms with E-state index in [-0.39, 0.29) is 12.0 Å². The van der Waals surface area contributed by atoms with Crippen LogP contribution < -0.4 is 0 Å². The molecule has 0 N–H and O–H groups in total. The Morgan fingerprint density at radius 1 is 1.16 bits per heavy atom. The molecule has 0 radical (unpaired) electrons. The number of allylic oxidation sites excluding steroid dienone is 13. The van der Waals surface area contributed by atoms with Crippen LogP contribution in [0.5, 0.6) is 0 Å². The Labute approximate surface area is 184 Å². The Bertz CT molecular complexity index is 924. The summed E-state index contributed by atoms with van der Waals surface area (Å²) >= 11 is 0. The number of halogens is 3. The van der Waals surface area contributed by atoms with Gasteiger partial charge in [0, 0.05) is 18.5 Å². The second kappa shape index (κ2) is 12.0. The van der Waals surface area contributed by atoms with E-state index >= 15 is 0 Å². The van der Waals surface area contributed by atoms with E-state index < -0.39 is 11.7 Å². The molecule has 0 saturated heterocycles. The van der Waals surface area contributed by atoms with Gasteiger partial charge in [-0.1, -0.05) is 62.0 Å². The lowest BCUT2D eigenvalue weighted by Crippen LogP contribution is -2.15. The first-order valence-corrected chi connectivity index (χ1v) is 10.6. The Hall–Kier alpha value is -2.97. The van der Waals surface area contributed by atoms with Gasteiger partial charge in [0.25, 0.3) is 0 Å². The van der Waals surface area contributed by atoms with Gasteiger partial charge in [0.1, 0.15) is 0 Å². The van der Waals surface area contributed by atoms with Gasteiger partial charge in [-0.05, 0) is 62.0 Å². The number of hydrogen-bond acceptors (Lipinski definition) is 1. The van der Waals surface area contributed by atoms with E-state index in [0.29, 0.717) is 12.0 Å². The summed E-state index contributed by atoms with van der Waals surface area (Å²) in [6.45, 7) is 7.99. The highest BCUT2D eigenvalue weighted by Gasteiger charge is 2.36. The largest absolute Gasteiger partial charge is 0.416 e. The molecule has 0 atom stereocenters. The maximum Gasteiger partial charge on any atom is 0.416 e. The summed E-state index contributed by atoms with van der Waals surface area (Å²) in [6, 6.07) is 0. The molecule has 0 aliphatic heterocycles. The Morgan fingerprint density at radius 2 is 1.97 bits per heavy atom. The van der Waals surface area contributed by atoms with E-state index in [9.17, 15) is 13.2 Å². The summed E-state index contributed by atoms with van der Waals surface area (Å²) in [4.78, 5) is 1.83. The van der Waals surface area contributed by atoms with Crippen LogP contribution in [0.3, 0.4) is 0 Å². The monoisotopic (exact) mass is 425 g/mol. The standard InChI is InChI=1S/C27H30F3N/c1-4-13-22(5-2)20-21-31(6-3)24-15-12-14-23(18-19-24)25-16-10-8-7-9-11-17-26(25)27(28,29)30/h5-7,9,14-21H,3-4,8,10-11,13H2,1-2H3/b9-7?,21-20+,22-5-,25-16+,26-17+. The van der Waals surface area contributed by atoms with E-state index in [2.05, 4.69) is 25.3 Å². The third kappa shape index (κ3) is 7.34. The van der Waals surface area contributed by atoms with Crippen LogP contribution in [0.15, 0.2) is 113 Å². The first kappa shape index (κ1) is 24.3. The summed E-state index contributed by atoms with van der Waals surface area (Å²) in [5, 5.41) is 0. The van der Waals surface area contributed by atoms with Crippen molar-refractivity contribution in [3.8, 4) is 0 Å². The highest BCUT2D eigenvalue weighted by atomic mass is 19.4. The van der Waals surface area contributed by atoms with Crippen molar-refractivity contribution in [3.05, 3.63) is 113 Å². The first-order valence-electron chi connectivity index (χ1n) is 10.6. The highest BCUT2D eigenvalue weighted by molar-refractivity contribution is 5.56. The molecule has 0 spiro atoms. The molecule has 2 aliphatic rings. The fourth-order valence-electron chi connectivity index (χ4n) is 3.34. The number of alkyl halides is 3. The molecule has 0 bridgehead atoms. The van der Waals surface area contributed by atoms with Crippen LogP contribution in [0.25, 0.3) is 0 Å². The number of rotatable bonds is 7. The Morgan fingerprint density at radius 3 is 2.65 bits per heavy atom. The first-order chi connectivity index (χ1) is 14.9. The number of nitrogens with zero attached hydrogens (tertiary/aromatic N) is 1. The molecule has 2 aliphatic carbocycles.